The van der Waals surface area contributed by atoms with Crippen LogP contribution in [0.3, 0.4) is 0 Å². The van der Waals surface area contributed by atoms with Crippen LogP contribution < -0.4 is 0 Å². The fourth-order valence-electron chi connectivity index (χ4n) is 0.293. The van der Waals surface area contributed by atoms with Crippen LogP contribution in [0, 0.1) is 5.41 Å². The van der Waals surface area contributed by atoms with Crippen LogP contribution in [0.5, 0.6) is 0 Å². The molecule has 2 heteroatoms. The number of nitrogens with one attached hydrogen (secondary N) is 1. The number of hydrogen-bond donors (Lipinski definition) is 1. The molecule has 0 atom stereocenters. The molecule has 0 spiro atoms. The molecule has 0 bridgehead atoms. The smallest absolute Gasteiger partial charge is 0.119 e. The van der Waals surface area contributed by atoms with Crippen molar-refractivity contribution in [2.45, 2.75) is 26.7 Å². The van der Waals surface area contributed by atoms with Gasteiger partial charge in [-0.25, -0.2) is 4.99 Å². The van der Waals surface area contributed by atoms with Crippen LogP contribution in [0.4, 0.5) is 0 Å². The quantitative estimate of drug-likeness (QED) is 0.418. The Balaban J connectivity index is 3.37. The monoisotopic (exact) mass is 112 g/mol. The average molecular weight is 112 g/mol. The molecule has 0 aromatic heterocycles. The van der Waals surface area contributed by atoms with Crippen LogP contribution in [0.25, 0.3) is 0 Å². The first-order chi connectivity index (χ1) is 3.81. The highest BCUT2D eigenvalue weighted by Crippen LogP contribution is 1.81. The number of nitrogens with zero attached hydrogens (tertiary/aromatic N) is 1. The molecule has 46 valence electrons. The molecular formula is C6H12N2. The molecule has 0 saturated heterocycles. The van der Waals surface area contributed by atoms with E-state index >= 15 is 0 Å². The summed E-state index contributed by atoms with van der Waals surface area (Å²) in [5.74, 6) is 0.465. The molecule has 0 heterocycles. The van der Waals surface area contributed by atoms with Gasteiger partial charge in [0.05, 0.1) is 0 Å². The molecule has 0 radical (unpaired) electrons. The molecule has 0 saturated carbocycles. The van der Waals surface area contributed by atoms with Crippen molar-refractivity contribution in [2.75, 3.05) is 0 Å². The summed E-state index contributed by atoms with van der Waals surface area (Å²) < 4.78 is 0. The van der Waals surface area contributed by atoms with Crippen molar-refractivity contribution < 1.29 is 0 Å². The zero-order valence-corrected chi connectivity index (χ0v) is 5.44. The van der Waals surface area contributed by atoms with E-state index in [4.69, 9.17) is 5.41 Å². The Hall–Kier alpha value is -0.660. The molecule has 0 fully saturated rings. The molecule has 0 unspecified atom stereocenters. The summed E-state index contributed by atoms with van der Waals surface area (Å²) in [6, 6.07) is 0. The van der Waals surface area contributed by atoms with Gasteiger partial charge in [0, 0.05) is 12.6 Å². The molecule has 0 rings (SSSR count). The fourth-order valence-corrected chi connectivity index (χ4v) is 0.293. The molecule has 0 amide bonds. The third kappa shape index (κ3) is 3.53. The van der Waals surface area contributed by atoms with Crippen LogP contribution in [-0.4, -0.2) is 12.1 Å². The molecule has 0 aromatic rings. The molecule has 8 heavy (non-hydrogen) atoms. The van der Waals surface area contributed by atoms with E-state index in [2.05, 4.69) is 4.99 Å². The van der Waals surface area contributed by atoms with E-state index in [1.54, 1.807) is 6.21 Å². The number of aliphatic imine (C=N–C) groups is 1. The summed E-state index contributed by atoms with van der Waals surface area (Å²) in [6.45, 7) is 3.93. The van der Waals surface area contributed by atoms with E-state index in [9.17, 15) is 0 Å². The Kier molecular flexibility index (Phi) is 4.13. The normalized spacial score (nSPS) is 10.2. The Morgan fingerprint density at radius 1 is 1.62 bits per heavy atom. The van der Waals surface area contributed by atoms with Crippen molar-refractivity contribution >= 4 is 12.1 Å². The lowest BCUT2D eigenvalue weighted by molar-refractivity contribution is 1.20. The summed E-state index contributed by atoms with van der Waals surface area (Å²) in [5.41, 5.74) is 0. The summed E-state index contributed by atoms with van der Waals surface area (Å²) in [5, 5.41) is 7.04. The van der Waals surface area contributed by atoms with Gasteiger partial charge in [0.25, 0.3) is 0 Å². The minimum Gasteiger partial charge on any atom is -0.287 e. The van der Waals surface area contributed by atoms with E-state index in [0.29, 0.717) is 5.84 Å². The first-order valence-corrected chi connectivity index (χ1v) is 2.91. The highest BCUT2D eigenvalue weighted by molar-refractivity contribution is 5.86. The minimum absolute atomic E-state index is 0.465. The van der Waals surface area contributed by atoms with Gasteiger partial charge in [-0.2, -0.15) is 0 Å². The van der Waals surface area contributed by atoms with E-state index in [1.807, 2.05) is 13.8 Å². The Morgan fingerprint density at radius 2 is 2.25 bits per heavy atom. The van der Waals surface area contributed by atoms with Crippen molar-refractivity contribution in [1.29, 1.82) is 5.41 Å². The van der Waals surface area contributed by atoms with Crippen LogP contribution in [-0.2, 0) is 0 Å². The predicted octanol–water partition coefficient (Wildman–Crippen LogP) is 1.85. The summed E-state index contributed by atoms with van der Waals surface area (Å²) >= 11 is 0. The second kappa shape index (κ2) is 4.50. The van der Waals surface area contributed by atoms with Crippen molar-refractivity contribution in [2.24, 2.45) is 4.99 Å². The molecule has 0 aliphatic carbocycles. The van der Waals surface area contributed by atoms with Crippen LogP contribution in [0.2, 0.25) is 0 Å². The van der Waals surface area contributed by atoms with Crippen LogP contribution in [0.1, 0.15) is 26.7 Å². The van der Waals surface area contributed by atoms with Crippen molar-refractivity contribution in [3.8, 4) is 0 Å². The van der Waals surface area contributed by atoms with E-state index < -0.39 is 0 Å². The second-order valence-electron chi connectivity index (χ2n) is 1.52. The van der Waals surface area contributed by atoms with E-state index in [0.717, 1.165) is 12.8 Å². The maximum absolute atomic E-state index is 7.04. The Bertz CT molecular complexity index is 94.7. The highest BCUT2D eigenvalue weighted by atomic mass is 14.8. The van der Waals surface area contributed by atoms with Gasteiger partial charge in [-0.05, 0) is 6.42 Å². The average Bonchev–Trinajstić information content (AvgIpc) is 1.83. The van der Waals surface area contributed by atoms with Gasteiger partial charge < -0.3 is 0 Å². The maximum atomic E-state index is 7.04. The van der Waals surface area contributed by atoms with Crippen LogP contribution in [0.15, 0.2) is 4.99 Å². The molecule has 1 N–H and O–H groups in total. The molecule has 0 aliphatic rings. The zero-order chi connectivity index (χ0) is 6.41. The predicted molar refractivity (Wildman–Crippen MR) is 36.8 cm³/mol. The highest BCUT2D eigenvalue weighted by Gasteiger charge is 1.80. The fraction of sp³-hybridized carbons (Fsp3) is 0.667. The van der Waals surface area contributed by atoms with Gasteiger partial charge >= 0.3 is 0 Å². The summed E-state index contributed by atoms with van der Waals surface area (Å²) in [4.78, 5) is 3.82. The van der Waals surface area contributed by atoms with Gasteiger partial charge in [-0.15, -0.1) is 0 Å². The minimum atomic E-state index is 0.465. The lowest BCUT2D eigenvalue weighted by Crippen LogP contribution is -1.86. The number of amidine groups is 1. The zero-order valence-electron chi connectivity index (χ0n) is 5.44. The third-order valence-corrected chi connectivity index (χ3v) is 0.765. The first-order valence-electron chi connectivity index (χ1n) is 2.91. The first kappa shape index (κ1) is 7.34. The van der Waals surface area contributed by atoms with Gasteiger partial charge in [0.15, 0.2) is 0 Å². The molecule has 2 nitrogen and oxygen atoms in total. The van der Waals surface area contributed by atoms with E-state index in [1.165, 1.54) is 0 Å². The summed E-state index contributed by atoms with van der Waals surface area (Å²) in [7, 11) is 0. The lowest BCUT2D eigenvalue weighted by atomic mass is 10.4. The standard InChI is InChI=1S/C6H12N2/c1-3-5-8-6(7)4-2/h5,7H,3-4H2,1-2H3/b7-6?,8-5-. The number of hydrogen-bond acceptors (Lipinski definition) is 1. The largest absolute Gasteiger partial charge is 0.287 e. The topological polar surface area (TPSA) is 36.2 Å². The SMILES string of the molecule is CC/C=N\C(=N)CC. The maximum Gasteiger partial charge on any atom is 0.119 e. The molecule has 0 aliphatic heterocycles. The van der Waals surface area contributed by atoms with Gasteiger partial charge in [-0.1, -0.05) is 13.8 Å². The lowest BCUT2D eigenvalue weighted by Gasteiger charge is -1.85. The van der Waals surface area contributed by atoms with Gasteiger partial charge in [0.1, 0.15) is 5.84 Å². The molecule has 0 aromatic carbocycles. The summed E-state index contributed by atoms with van der Waals surface area (Å²) in [6.07, 6.45) is 3.41. The van der Waals surface area contributed by atoms with Crippen molar-refractivity contribution in [1.82, 2.24) is 0 Å². The Labute approximate surface area is 50.1 Å². The van der Waals surface area contributed by atoms with Crippen molar-refractivity contribution in [3.63, 3.8) is 0 Å². The van der Waals surface area contributed by atoms with Gasteiger partial charge in [0.2, 0.25) is 0 Å². The van der Waals surface area contributed by atoms with Crippen LogP contribution >= 0.6 is 0 Å². The third-order valence-electron chi connectivity index (χ3n) is 0.765. The number of rotatable bonds is 2. The van der Waals surface area contributed by atoms with E-state index in [-0.39, 0.29) is 0 Å². The second-order valence-corrected chi connectivity index (χ2v) is 1.52. The van der Waals surface area contributed by atoms with Crippen molar-refractivity contribution in [3.05, 3.63) is 0 Å². The Morgan fingerprint density at radius 3 is 2.62 bits per heavy atom. The van der Waals surface area contributed by atoms with Gasteiger partial charge in [-0.3, -0.25) is 5.41 Å². The molecular weight excluding hydrogens is 100 g/mol.